The summed E-state index contributed by atoms with van der Waals surface area (Å²) in [5.74, 6) is -1.82. The molecular formula is C22H26F4N6O3. The first-order chi connectivity index (χ1) is 16.3. The van der Waals surface area contributed by atoms with Crippen LogP contribution in [0.1, 0.15) is 34.2 Å². The average Bonchev–Trinajstić information content (AvgIpc) is 3.03. The fraction of sp³-hybridized carbons (Fsp3) is 0.500. The number of halogens is 4. The molecule has 3 heterocycles. The summed E-state index contributed by atoms with van der Waals surface area (Å²) < 4.78 is 54.4. The molecule has 1 aromatic heterocycles. The van der Waals surface area contributed by atoms with E-state index in [4.69, 9.17) is 4.84 Å². The van der Waals surface area contributed by atoms with Crippen molar-refractivity contribution in [2.24, 2.45) is 0 Å². The van der Waals surface area contributed by atoms with Crippen molar-refractivity contribution in [3.63, 3.8) is 0 Å². The molecule has 2 aromatic rings. The Hall–Kier alpha value is -3.19. The van der Waals surface area contributed by atoms with Gasteiger partial charge < -0.3 is 15.1 Å². The van der Waals surface area contributed by atoms with Crippen molar-refractivity contribution in [1.82, 2.24) is 24.6 Å². The van der Waals surface area contributed by atoms with E-state index in [9.17, 15) is 27.2 Å². The highest BCUT2D eigenvalue weighted by molar-refractivity contribution is 5.94. The van der Waals surface area contributed by atoms with Crippen LogP contribution in [-0.2, 0) is 30.5 Å². The van der Waals surface area contributed by atoms with E-state index in [1.807, 2.05) is 19.0 Å². The Morgan fingerprint density at radius 1 is 1.31 bits per heavy atom. The predicted octanol–water partition coefficient (Wildman–Crippen LogP) is 2.97. The van der Waals surface area contributed by atoms with Gasteiger partial charge in [-0.15, -0.1) is 0 Å². The Morgan fingerprint density at radius 3 is 2.69 bits per heavy atom. The smallest absolute Gasteiger partial charge is 0.317 e. The first-order valence-electron chi connectivity index (χ1n) is 11.0. The van der Waals surface area contributed by atoms with Crippen molar-refractivity contribution in [3.05, 3.63) is 46.5 Å². The van der Waals surface area contributed by atoms with E-state index in [2.05, 4.69) is 10.4 Å². The number of carbonyl (C=O) groups is 2. The van der Waals surface area contributed by atoms with E-state index in [-0.39, 0.29) is 24.4 Å². The Bertz CT molecular complexity index is 1150. The van der Waals surface area contributed by atoms with Gasteiger partial charge in [0.2, 0.25) is 0 Å². The number of alkyl halides is 3. The number of anilines is 1. The van der Waals surface area contributed by atoms with Gasteiger partial charge in [0.05, 0.1) is 24.3 Å². The van der Waals surface area contributed by atoms with Crippen molar-refractivity contribution in [2.45, 2.75) is 44.8 Å². The lowest BCUT2D eigenvalue weighted by molar-refractivity contribution is -0.152. The normalized spacial score (nSPS) is 20.5. The van der Waals surface area contributed by atoms with Crippen molar-refractivity contribution < 1.29 is 32.0 Å². The topological polar surface area (TPSA) is 82.9 Å². The zero-order valence-electron chi connectivity index (χ0n) is 19.7. The molecule has 0 saturated carbocycles. The van der Waals surface area contributed by atoms with Crippen LogP contribution in [0.3, 0.4) is 0 Å². The highest BCUT2D eigenvalue weighted by Crippen LogP contribution is 2.34. The number of amides is 3. The molecule has 35 heavy (non-hydrogen) atoms. The second kappa shape index (κ2) is 9.11. The number of fused-ring (bicyclic) bond motifs is 3. The minimum atomic E-state index is -4.90. The summed E-state index contributed by atoms with van der Waals surface area (Å²) in [6.07, 6.45) is -4.86. The number of urea groups is 1. The van der Waals surface area contributed by atoms with E-state index >= 15 is 0 Å². The lowest BCUT2D eigenvalue weighted by Gasteiger charge is -2.33. The van der Waals surface area contributed by atoms with Gasteiger partial charge in [0.25, 0.3) is 5.91 Å². The largest absolute Gasteiger partial charge is 0.419 e. The zero-order valence-corrected chi connectivity index (χ0v) is 19.7. The molecule has 2 aliphatic rings. The first-order valence-corrected chi connectivity index (χ1v) is 11.0. The summed E-state index contributed by atoms with van der Waals surface area (Å²) in [6, 6.07) is 1.27. The number of hydrogen-bond acceptors (Lipinski definition) is 5. The van der Waals surface area contributed by atoms with Gasteiger partial charge in [0, 0.05) is 37.3 Å². The third kappa shape index (κ3) is 4.96. The highest BCUT2D eigenvalue weighted by Gasteiger charge is 2.38. The van der Waals surface area contributed by atoms with Crippen molar-refractivity contribution in [1.29, 1.82) is 0 Å². The third-order valence-electron chi connectivity index (χ3n) is 6.01. The molecular weight excluding hydrogens is 472 g/mol. The SMILES string of the molecule is C[C@@H]1Cc2nn3c(c2CN1C(=O)Nc1ccc(F)c(C(F)(F)F)c1)C(=O)N(C)O[C@@H](CN(C)C)C3. The fourth-order valence-electron chi connectivity index (χ4n) is 4.40. The van der Waals surface area contributed by atoms with E-state index < -0.39 is 29.5 Å². The van der Waals surface area contributed by atoms with Crippen LogP contribution in [0.5, 0.6) is 0 Å². The van der Waals surface area contributed by atoms with Crippen LogP contribution in [0, 0.1) is 5.82 Å². The summed E-state index contributed by atoms with van der Waals surface area (Å²) in [5, 5.41) is 8.19. The van der Waals surface area contributed by atoms with Crippen molar-refractivity contribution in [3.8, 4) is 0 Å². The lowest BCUT2D eigenvalue weighted by Crippen LogP contribution is -2.45. The number of hydroxylamine groups is 2. The molecule has 3 amide bonds. The minimum Gasteiger partial charge on any atom is -0.317 e. The van der Waals surface area contributed by atoms with Gasteiger partial charge in [0.1, 0.15) is 17.6 Å². The van der Waals surface area contributed by atoms with Gasteiger partial charge in [-0.25, -0.2) is 14.2 Å². The van der Waals surface area contributed by atoms with Gasteiger partial charge >= 0.3 is 12.2 Å². The van der Waals surface area contributed by atoms with E-state index in [0.717, 1.165) is 11.1 Å². The highest BCUT2D eigenvalue weighted by atomic mass is 19.4. The van der Waals surface area contributed by atoms with Gasteiger partial charge in [-0.3, -0.25) is 14.3 Å². The van der Waals surface area contributed by atoms with E-state index in [1.165, 1.54) is 11.9 Å². The molecule has 0 unspecified atom stereocenters. The van der Waals surface area contributed by atoms with Crippen LogP contribution in [0.15, 0.2) is 18.2 Å². The molecule has 190 valence electrons. The molecule has 9 nitrogen and oxygen atoms in total. The van der Waals surface area contributed by atoms with E-state index in [1.54, 1.807) is 11.6 Å². The van der Waals surface area contributed by atoms with Crippen molar-refractivity contribution >= 4 is 17.6 Å². The number of hydrogen-bond donors (Lipinski definition) is 1. The Morgan fingerprint density at radius 2 is 2.03 bits per heavy atom. The third-order valence-corrected chi connectivity index (χ3v) is 6.01. The molecule has 1 aromatic carbocycles. The molecule has 13 heteroatoms. The molecule has 1 N–H and O–H groups in total. The molecule has 4 rings (SSSR count). The van der Waals surface area contributed by atoms with E-state index in [0.29, 0.717) is 48.6 Å². The Balaban J connectivity index is 1.59. The van der Waals surface area contributed by atoms with Crippen LogP contribution >= 0.6 is 0 Å². The maximum Gasteiger partial charge on any atom is 0.419 e. The standard InChI is InChI=1S/C22H26F4N6O3/c1-12-7-18-15(19-20(33)30(4)35-14(9-29(2)3)10-32(19)28-18)11-31(12)21(34)27-13-5-6-17(23)16(8-13)22(24,25)26/h5-6,8,12,14H,7,9-11H2,1-4H3,(H,27,34)/t12-,14+/m1/s1. The maximum absolute atomic E-state index is 13.6. The second-order valence-electron chi connectivity index (χ2n) is 9.05. The van der Waals surface area contributed by atoms with Gasteiger partial charge in [-0.05, 0) is 39.2 Å². The number of rotatable bonds is 3. The van der Waals surface area contributed by atoms with Crippen molar-refractivity contribution in [2.75, 3.05) is 33.0 Å². The average molecular weight is 498 g/mol. The minimum absolute atomic E-state index is 0.0307. The van der Waals surface area contributed by atoms with Crippen LogP contribution in [0.25, 0.3) is 0 Å². The molecule has 0 radical (unpaired) electrons. The quantitative estimate of drug-likeness (QED) is 0.659. The molecule has 0 aliphatic carbocycles. The number of likely N-dealkylation sites (N-methyl/N-ethyl adjacent to an activating group) is 1. The number of benzene rings is 1. The maximum atomic E-state index is 13.6. The number of nitrogens with zero attached hydrogens (tertiary/aromatic N) is 5. The van der Waals surface area contributed by atoms with Crippen LogP contribution < -0.4 is 5.32 Å². The molecule has 2 aliphatic heterocycles. The van der Waals surface area contributed by atoms with Crippen LogP contribution in [0.2, 0.25) is 0 Å². The summed E-state index contributed by atoms with van der Waals surface area (Å²) in [6.45, 7) is 2.71. The first kappa shape index (κ1) is 24.9. The summed E-state index contributed by atoms with van der Waals surface area (Å²) in [7, 11) is 5.30. The number of aromatic nitrogens is 2. The molecule has 0 fully saturated rings. The Kier molecular flexibility index (Phi) is 6.49. The number of carbonyl (C=O) groups excluding carboxylic acids is 2. The Labute approximate surface area is 199 Å². The van der Waals surface area contributed by atoms with Crippen LogP contribution in [0.4, 0.5) is 28.0 Å². The number of nitrogens with one attached hydrogen (secondary N) is 1. The summed E-state index contributed by atoms with van der Waals surface area (Å²) in [5.41, 5.74) is -0.0859. The monoisotopic (exact) mass is 498 g/mol. The van der Waals surface area contributed by atoms with Gasteiger partial charge in [0.15, 0.2) is 0 Å². The zero-order chi connectivity index (χ0) is 25.7. The lowest BCUT2D eigenvalue weighted by atomic mass is 9.99. The molecule has 2 atom stereocenters. The van der Waals surface area contributed by atoms with Gasteiger partial charge in [-0.2, -0.15) is 18.3 Å². The molecule has 0 saturated heterocycles. The summed E-state index contributed by atoms with van der Waals surface area (Å²) >= 11 is 0. The van der Waals surface area contributed by atoms with Crippen LogP contribution in [-0.4, -0.2) is 76.4 Å². The van der Waals surface area contributed by atoms with Gasteiger partial charge in [-0.1, -0.05) is 0 Å². The predicted molar refractivity (Wildman–Crippen MR) is 117 cm³/mol. The molecule has 0 spiro atoms. The molecule has 0 bridgehead atoms. The fourth-order valence-corrected chi connectivity index (χ4v) is 4.40. The summed E-state index contributed by atoms with van der Waals surface area (Å²) in [4.78, 5) is 35.2. The second-order valence-corrected chi connectivity index (χ2v) is 9.05.